The van der Waals surface area contributed by atoms with E-state index in [1.807, 2.05) is 0 Å². The summed E-state index contributed by atoms with van der Waals surface area (Å²) >= 11 is 5.77. The number of nitro groups is 2. The average molecular weight is 318 g/mol. The molecule has 0 aromatic heterocycles. The summed E-state index contributed by atoms with van der Waals surface area (Å²) in [5.74, 6) is -0.720. The maximum atomic E-state index is 11.9. The molecule has 0 aliphatic rings. The highest BCUT2D eigenvalue weighted by atomic mass is 35.5. The third kappa shape index (κ3) is 4.36. The zero-order valence-electron chi connectivity index (χ0n) is 11.0. The van der Waals surface area contributed by atoms with Crippen LogP contribution in [0, 0.1) is 20.2 Å². The number of non-ortho nitro benzene ring substituents is 1. The second-order valence-corrected chi connectivity index (χ2v) is 4.32. The molecule has 0 radical (unpaired) electrons. The molecule has 0 aliphatic heterocycles. The Balaban J connectivity index is 3.07. The summed E-state index contributed by atoms with van der Waals surface area (Å²) in [5.41, 5.74) is -1.57. The Morgan fingerprint density at radius 3 is 2.52 bits per heavy atom. The van der Waals surface area contributed by atoms with Crippen LogP contribution in [0.15, 0.2) is 12.1 Å². The van der Waals surface area contributed by atoms with Crippen molar-refractivity contribution in [1.29, 1.82) is 0 Å². The van der Waals surface area contributed by atoms with Crippen LogP contribution < -0.4 is 5.32 Å². The molecule has 0 bridgehead atoms. The van der Waals surface area contributed by atoms with Gasteiger partial charge in [0, 0.05) is 26.3 Å². The number of carbonyl (C=O) groups is 1. The third-order valence-corrected chi connectivity index (χ3v) is 2.90. The maximum absolute atomic E-state index is 11.9. The van der Waals surface area contributed by atoms with E-state index in [1.54, 1.807) is 0 Å². The molecule has 0 fully saturated rings. The van der Waals surface area contributed by atoms with Crippen molar-refractivity contribution in [3.05, 3.63) is 42.9 Å². The first-order valence-corrected chi connectivity index (χ1v) is 6.15. The average Bonchev–Trinajstić information content (AvgIpc) is 2.43. The lowest BCUT2D eigenvalue weighted by Crippen LogP contribution is -2.25. The van der Waals surface area contributed by atoms with Crippen molar-refractivity contribution in [2.75, 3.05) is 20.3 Å². The number of nitrogens with zero attached hydrogens (tertiary/aromatic N) is 2. The van der Waals surface area contributed by atoms with Gasteiger partial charge in [-0.25, -0.2) is 0 Å². The van der Waals surface area contributed by atoms with Gasteiger partial charge in [0.05, 0.1) is 21.5 Å². The van der Waals surface area contributed by atoms with E-state index in [9.17, 15) is 25.0 Å². The van der Waals surface area contributed by atoms with Crippen LogP contribution in [0.5, 0.6) is 0 Å². The molecular formula is C11H12ClN3O6. The molecule has 10 heteroatoms. The molecule has 9 nitrogen and oxygen atoms in total. The second-order valence-electron chi connectivity index (χ2n) is 3.94. The number of hydrogen-bond acceptors (Lipinski definition) is 6. The first-order chi connectivity index (χ1) is 9.88. The Bertz CT molecular complexity index is 577. The number of halogens is 1. The number of nitrogens with one attached hydrogen (secondary N) is 1. The molecule has 1 N–H and O–H groups in total. The lowest BCUT2D eigenvalue weighted by atomic mass is 10.1. The van der Waals surface area contributed by atoms with Gasteiger partial charge in [0.15, 0.2) is 0 Å². The number of ether oxygens (including phenoxy) is 1. The molecule has 0 heterocycles. The summed E-state index contributed by atoms with van der Waals surface area (Å²) in [4.78, 5) is 31.8. The molecular weight excluding hydrogens is 306 g/mol. The Kier molecular flexibility index (Phi) is 6.00. The van der Waals surface area contributed by atoms with E-state index < -0.39 is 32.2 Å². The molecule has 0 saturated carbocycles. The molecule has 1 aromatic carbocycles. The zero-order valence-corrected chi connectivity index (χ0v) is 11.8. The van der Waals surface area contributed by atoms with Crippen molar-refractivity contribution >= 4 is 28.9 Å². The van der Waals surface area contributed by atoms with E-state index in [0.29, 0.717) is 19.1 Å². The highest BCUT2D eigenvalue weighted by molar-refractivity contribution is 6.36. The minimum atomic E-state index is -0.878. The van der Waals surface area contributed by atoms with Gasteiger partial charge in [-0.05, 0) is 6.42 Å². The number of benzene rings is 1. The summed E-state index contributed by atoms with van der Waals surface area (Å²) in [5, 5.41) is 23.6. The Labute approximate surface area is 124 Å². The van der Waals surface area contributed by atoms with E-state index in [-0.39, 0.29) is 12.1 Å². The molecule has 0 spiro atoms. The van der Waals surface area contributed by atoms with Gasteiger partial charge in [0.2, 0.25) is 0 Å². The van der Waals surface area contributed by atoms with Crippen LogP contribution in [0.2, 0.25) is 5.02 Å². The molecule has 0 unspecified atom stereocenters. The second kappa shape index (κ2) is 7.50. The van der Waals surface area contributed by atoms with E-state index in [0.717, 1.165) is 6.07 Å². The highest BCUT2D eigenvalue weighted by Crippen LogP contribution is 2.32. The van der Waals surface area contributed by atoms with Crippen LogP contribution >= 0.6 is 11.6 Å². The predicted molar refractivity (Wildman–Crippen MR) is 73.6 cm³/mol. The lowest BCUT2D eigenvalue weighted by molar-refractivity contribution is -0.394. The van der Waals surface area contributed by atoms with Gasteiger partial charge in [-0.3, -0.25) is 25.0 Å². The van der Waals surface area contributed by atoms with Gasteiger partial charge in [0.25, 0.3) is 17.3 Å². The van der Waals surface area contributed by atoms with E-state index in [2.05, 4.69) is 5.32 Å². The van der Waals surface area contributed by atoms with Crippen molar-refractivity contribution in [1.82, 2.24) is 5.32 Å². The summed E-state index contributed by atoms with van der Waals surface area (Å²) in [6.45, 7) is 0.669. The summed E-state index contributed by atoms with van der Waals surface area (Å²) in [7, 11) is 1.50. The number of hydrogen-bond donors (Lipinski definition) is 1. The fourth-order valence-electron chi connectivity index (χ4n) is 1.51. The third-order valence-electron chi connectivity index (χ3n) is 2.50. The highest BCUT2D eigenvalue weighted by Gasteiger charge is 2.26. The fraction of sp³-hybridized carbons (Fsp3) is 0.364. The first-order valence-electron chi connectivity index (χ1n) is 5.78. The van der Waals surface area contributed by atoms with Gasteiger partial charge >= 0.3 is 0 Å². The SMILES string of the molecule is COCCCNC(=O)c1cc([N+](=O)[O-])cc([N+](=O)[O-])c1Cl. The predicted octanol–water partition coefficient (Wildman–Crippen LogP) is 1.92. The van der Waals surface area contributed by atoms with Gasteiger partial charge in [-0.15, -0.1) is 0 Å². The molecule has 0 saturated heterocycles. The number of rotatable bonds is 7. The van der Waals surface area contributed by atoms with E-state index in [4.69, 9.17) is 16.3 Å². The van der Waals surface area contributed by atoms with Crippen LogP contribution in [-0.2, 0) is 4.74 Å². The number of amides is 1. The normalized spacial score (nSPS) is 10.2. The quantitative estimate of drug-likeness (QED) is 0.465. The van der Waals surface area contributed by atoms with Crippen molar-refractivity contribution in [3.63, 3.8) is 0 Å². The summed E-state index contributed by atoms with van der Waals surface area (Å²) in [6, 6.07) is 1.62. The van der Waals surface area contributed by atoms with Crippen LogP contribution in [-0.4, -0.2) is 36.0 Å². The Morgan fingerprint density at radius 2 is 2.00 bits per heavy atom. The van der Waals surface area contributed by atoms with Gasteiger partial charge in [0.1, 0.15) is 5.02 Å². The van der Waals surface area contributed by atoms with Gasteiger partial charge in [-0.1, -0.05) is 11.6 Å². The minimum Gasteiger partial charge on any atom is -0.385 e. The minimum absolute atomic E-state index is 0.249. The first kappa shape index (κ1) is 16.8. The molecule has 1 aromatic rings. The molecule has 0 atom stereocenters. The molecule has 1 rings (SSSR count). The molecule has 0 aliphatic carbocycles. The summed E-state index contributed by atoms with van der Waals surface area (Å²) < 4.78 is 4.80. The van der Waals surface area contributed by atoms with Crippen LogP contribution in [0.25, 0.3) is 0 Å². The van der Waals surface area contributed by atoms with Crippen LogP contribution in [0.3, 0.4) is 0 Å². The largest absolute Gasteiger partial charge is 0.385 e. The standard InChI is InChI=1S/C11H12ClN3O6/c1-21-4-2-3-13-11(16)8-5-7(14(17)18)6-9(10(8)12)15(19)20/h5-6H,2-4H2,1H3,(H,13,16). The van der Waals surface area contributed by atoms with Gasteiger partial charge < -0.3 is 10.1 Å². The maximum Gasteiger partial charge on any atom is 0.295 e. The molecule has 114 valence electrons. The number of nitro benzene ring substituents is 2. The zero-order chi connectivity index (χ0) is 16.0. The monoisotopic (exact) mass is 317 g/mol. The number of methoxy groups -OCH3 is 1. The molecule has 21 heavy (non-hydrogen) atoms. The van der Waals surface area contributed by atoms with E-state index in [1.165, 1.54) is 7.11 Å². The lowest BCUT2D eigenvalue weighted by Gasteiger charge is -2.07. The van der Waals surface area contributed by atoms with Crippen molar-refractivity contribution < 1.29 is 19.4 Å². The van der Waals surface area contributed by atoms with E-state index >= 15 is 0 Å². The van der Waals surface area contributed by atoms with Crippen molar-refractivity contribution in [3.8, 4) is 0 Å². The van der Waals surface area contributed by atoms with Crippen molar-refractivity contribution in [2.24, 2.45) is 0 Å². The fourth-order valence-corrected chi connectivity index (χ4v) is 1.78. The van der Waals surface area contributed by atoms with Crippen LogP contribution in [0.1, 0.15) is 16.8 Å². The van der Waals surface area contributed by atoms with Crippen molar-refractivity contribution in [2.45, 2.75) is 6.42 Å². The van der Waals surface area contributed by atoms with Crippen LogP contribution in [0.4, 0.5) is 11.4 Å². The Morgan fingerprint density at radius 1 is 1.33 bits per heavy atom. The Hall–Kier alpha value is -2.26. The van der Waals surface area contributed by atoms with Gasteiger partial charge in [-0.2, -0.15) is 0 Å². The number of carbonyl (C=O) groups excluding carboxylic acids is 1. The summed E-state index contributed by atoms with van der Waals surface area (Å²) in [6.07, 6.45) is 0.525. The smallest absolute Gasteiger partial charge is 0.295 e. The topological polar surface area (TPSA) is 125 Å². The molecule has 1 amide bonds.